The van der Waals surface area contributed by atoms with Gasteiger partial charge in [-0.05, 0) is 12.5 Å². The van der Waals surface area contributed by atoms with Gasteiger partial charge in [0, 0.05) is 37.8 Å². The van der Waals surface area contributed by atoms with E-state index in [9.17, 15) is 5.11 Å². The minimum absolute atomic E-state index is 0. The molecular formula is C13H22Cl2N2O. The van der Waals surface area contributed by atoms with Gasteiger partial charge in [0.15, 0.2) is 0 Å². The molecule has 3 nitrogen and oxygen atoms in total. The van der Waals surface area contributed by atoms with E-state index in [2.05, 4.69) is 17.1 Å². The molecule has 0 aliphatic carbocycles. The van der Waals surface area contributed by atoms with Crippen LogP contribution >= 0.6 is 24.8 Å². The molecule has 1 aliphatic heterocycles. The molecule has 0 radical (unpaired) electrons. The molecule has 0 spiro atoms. The first-order chi connectivity index (χ1) is 7.83. The first-order valence-corrected chi connectivity index (χ1v) is 6.05. The Morgan fingerprint density at radius 2 is 1.83 bits per heavy atom. The highest BCUT2D eigenvalue weighted by molar-refractivity contribution is 5.85. The van der Waals surface area contributed by atoms with Crippen molar-refractivity contribution in [1.82, 2.24) is 10.2 Å². The Hall–Kier alpha value is -0.480. The zero-order valence-electron chi connectivity index (χ0n) is 10.6. The van der Waals surface area contributed by atoms with E-state index >= 15 is 0 Å². The third kappa shape index (κ3) is 4.02. The number of nitrogens with one attached hydrogen (secondary N) is 1. The van der Waals surface area contributed by atoms with E-state index in [0.29, 0.717) is 11.8 Å². The van der Waals surface area contributed by atoms with Crippen molar-refractivity contribution in [2.75, 3.05) is 26.2 Å². The van der Waals surface area contributed by atoms with Crippen molar-refractivity contribution in [2.45, 2.75) is 19.4 Å². The van der Waals surface area contributed by atoms with Gasteiger partial charge in [0.2, 0.25) is 0 Å². The minimum Gasteiger partial charge on any atom is -0.508 e. The number of phenols is 1. The average Bonchev–Trinajstić information content (AvgIpc) is 2.34. The fourth-order valence-corrected chi connectivity index (χ4v) is 2.44. The fourth-order valence-electron chi connectivity index (χ4n) is 2.44. The molecule has 0 unspecified atom stereocenters. The van der Waals surface area contributed by atoms with Crippen molar-refractivity contribution in [3.8, 4) is 5.75 Å². The number of aromatic hydroxyl groups is 1. The summed E-state index contributed by atoms with van der Waals surface area (Å²) in [5.74, 6) is 0.424. The molecule has 0 bridgehead atoms. The average molecular weight is 293 g/mol. The highest BCUT2D eigenvalue weighted by Gasteiger charge is 2.22. The molecule has 1 atom stereocenters. The van der Waals surface area contributed by atoms with Gasteiger partial charge in [-0.3, -0.25) is 4.90 Å². The minimum atomic E-state index is 0. The van der Waals surface area contributed by atoms with E-state index in [0.717, 1.165) is 38.2 Å². The summed E-state index contributed by atoms with van der Waals surface area (Å²) in [7, 11) is 0. The molecule has 1 aromatic rings. The van der Waals surface area contributed by atoms with Gasteiger partial charge in [0.05, 0.1) is 0 Å². The van der Waals surface area contributed by atoms with Gasteiger partial charge in [0.25, 0.3) is 0 Å². The summed E-state index contributed by atoms with van der Waals surface area (Å²) >= 11 is 0. The van der Waals surface area contributed by atoms with Crippen LogP contribution in [0.25, 0.3) is 0 Å². The van der Waals surface area contributed by atoms with Gasteiger partial charge in [-0.2, -0.15) is 0 Å². The van der Waals surface area contributed by atoms with Crippen LogP contribution in [-0.2, 0) is 0 Å². The van der Waals surface area contributed by atoms with Crippen molar-refractivity contribution >= 4 is 24.8 Å². The number of hydrogen-bond donors (Lipinski definition) is 2. The maximum atomic E-state index is 9.90. The summed E-state index contributed by atoms with van der Waals surface area (Å²) in [6.07, 6.45) is 1.04. The second-order valence-corrected chi connectivity index (χ2v) is 4.27. The van der Waals surface area contributed by atoms with E-state index < -0.39 is 0 Å². The van der Waals surface area contributed by atoms with Crippen LogP contribution in [-0.4, -0.2) is 36.2 Å². The van der Waals surface area contributed by atoms with Crippen LogP contribution in [0.4, 0.5) is 0 Å². The number of rotatable bonds is 3. The summed E-state index contributed by atoms with van der Waals surface area (Å²) < 4.78 is 0. The van der Waals surface area contributed by atoms with Crippen molar-refractivity contribution in [3.05, 3.63) is 29.8 Å². The standard InChI is InChI=1S/C13H20N2O.2ClH/c1-2-12(15-9-7-14-8-10-15)11-5-3-4-6-13(11)16;;/h3-6,12,14,16H,2,7-10H2,1H3;2*1H/t12-;;/m0../s1. The first kappa shape index (κ1) is 17.5. The molecule has 5 heteroatoms. The monoisotopic (exact) mass is 292 g/mol. The Kier molecular flexibility index (Phi) is 8.36. The van der Waals surface area contributed by atoms with E-state index in [-0.39, 0.29) is 24.8 Å². The smallest absolute Gasteiger partial charge is 0.120 e. The van der Waals surface area contributed by atoms with E-state index in [4.69, 9.17) is 0 Å². The predicted molar refractivity (Wildman–Crippen MR) is 80.1 cm³/mol. The van der Waals surface area contributed by atoms with Crippen LogP contribution in [0.1, 0.15) is 24.9 Å². The largest absolute Gasteiger partial charge is 0.508 e. The Bertz CT molecular complexity index is 344. The molecule has 2 rings (SSSR count). The van der Waals surface area contributed by atoms with Crippen molar-refractivity contribution in [1.29, 1.82) is 0 Å². The fraction of sp³-hybridized carbons (Fsp3) is 0.538. The molecule has 18 heavy (non-hydrogen) atoms. The number of phenolic OH excluding ortho intramolecular Hbond substituents is 1. The van der Waals surface area contributed by atoms with Crippen LogP contribution < -0.4 is 5.32 Å². The predicted octanol–water partition coefficient (Wildman–Crippen LogP) is 2.59. The molecule has 1 aliphatic rings. The Labute approximate surface area is 121 Å². The molecular weight excluding hydrogens is 271 g/mol. The molecule has 0 aromatic heterocycles. The van der Waals surface area contributed by atoms with Crippen LogP contribution in [0, 0.1) is 0 Å². The van der Waals surface area contributed by atoms with Gasteiger partial charge in [-0.25, -0.2) is 0 Å². The SMILES string of the molecule is CC[C@@H](c1ccccc1O)N1CCNCC1.Cl.Cl. The van der Waals surface area contributed by atoms with Gasteiger partial charge in [0.1, 0.15) is 5.75 Å². The zero-order valence-corrected chi connectivity index (χ0v) is 12.3. The van der Waals surface area contributed by atoms with Crippen LogP contribution in [0.3, 0.4) is 0 Å². The number of benzene rings is 1. The second-order valence-electron chi connectivity index (χ2n) is 4.27. The van der Waals surface area contributed by atoms with Crippen LogP contribution in [0.2, 0.25) is 0 Å². The lowest BCUT2D eigenvalue weighted by atomic mass is 10.0. The summed E-state index contributed by atoms with van der Waals surface area (Å²) in [5, 5.41) is 13.3. The Morgan fingerprint density at radius 3 is 2.39 bits per heavy atom. The van der Waals surface area contributed by atoms with Gasteiger partial charge in [-0.1, -0.05) is 25.1 Å². The van der Waals surface area contributed by atoms with Crippen LogP contribution in [0.15, 0.2) is 24.3 Å². The molecule has 1 saturated heterocycles. The van der Waals surface area contributed by atoms with Gasteiger partial charge < -0.3 is 10.4 Å². The number of halogens is 2. The highest BCUT2D eigenvalue weighted by Crippen LogP contribution is 2.30. The lowest BCUT2D eigenvalue weighted by Crippen LogP contribution is -2.45. The highest BCUT2D eigenvalue weighted by atomic mass is 35.5. The molecule has 2 N–H and O–H groups in total. The second kappa shape index (κ2) is 8.59. The lowest BCUT2D eigenvalue weighted by Gasteiger charge is -2.34. The van der Waals surface area contributed by atoms with Crippen molar-refractivity contribution < 1.29 is 5.11 Å². The quantitative estimate of drug-likeness (QED) is 0.899. The summed E-state index contributed by atoms with van der Waals surface area (Å²) in [4.78, 5) is 2.45. The molecule has 0 amide bonds. The van der Waals surface area contributed by atoms with Gasteiger partial charge in [-0.15, -0.1) is 24.8 Å². The molecule has 1 aromatic carbocycles. The zero-order chi connectivity index (χ0) is 11.4. The number of hydrogen-bond acceptors (Lipinski definition) is 3. The summed E-state index contributed by atoms with van der Waals surface area (Å²) in [5.41, 5.74) is 1.06. The van der Waals surface area contributed by atoms with E-state index in [1.807, 2.05) is 18.2 Å². The maximum absolute atomic E-state index is 9.90. The lowest BCUT2D eigenvalue weighted by molar-refractivity contribution is 0.167. The van der Waals surface area contributed by atoms with Crippen molar-refractivity contribution in [3.63, 3.8) is 0 Å². The Morgan fingerprint density at radius 1 is 1.22 bits per heavy atom. The maximum Gasteiger partial charge on any atom is 0.120 e. The summed E-state index contributed by atoms with van der Waals surface area (Å²) in [6.45, 7) is 6.40. The summed E-state index contributed by atoms with van der Waals surface area (Å²) in [6, 6.07) is 8.04. The van der Waals surface area contributed by atoms with E-state index in [1.165, 1.54) is 0 Å². The molecule has 0 saturated carbocycles. The third-order valence-corrected chi connectivity index (χ3v) is 3.27. The number of piperazine rings is 1. The normalized spacial score (nSPS) is 17.4. The first-order valence-electron chi connectivity index (χ1n) is 6.05. The molecule has 104 valence electrons. The van der Waals surface area contributed by atoms with E-state index in [1.54, 1.807) is 6.07 Å². The Balaban J connectivity index is 0.00000144. The molecule has 1 fully saturated rings. The van der Waals surface area contributed by atoms with Crippen molar-refractivity contribution in [2.24, 2.45) is 0 Å². The van der Waals surface area contributed by atoms with Gasteiger partial charge >= 0.3 is 0 Å². The van der Waals surface area contributed by atoms with Crippen LogP contribution in [0.5, 0.6) is 5.75 Å². The molecule has 1 heterocycles. The topological polar surface area (TPSA) is 35.5 Å². The number of nitrogens with zero attached hydrogens (tertiary/aromatic N) is 1. The third-order valence-electron chi connectivity index (χ3n) is 3.27. The number of para-hydroxylation sites is 1.